The minimum atomic E-state index is -0.343. The van der Waals surface area contributed by atoms with E-state index >= 15 is 0 Å². The maximum atomic E-state index is 13.0. The van der Waals surface area contributed by atoms with Gasteiger partial charge in [0, 0.05) is 18.4 Å². The molecule has 3 aromatic rings. The van der Waals surface area contributed by atoms with Gasteiger partial charge in [-0.25, -0.2) is 14.4 Å². The molecule has 0 spiro atoms. The molecule has 1 heterocycles. The normalized spacial score (nSPS) is 10.6. The molecule has 2 N–H and O–H groups in total. The molecule has 0 bridgehead atoms. The Kier molecular flexibility index (Phi) is 6.16. The van der Waals surface area contributed by atoms with Crippen molar-refractivity contribution in [2.45, 2.75) is 26.5 Å². The molecule has 0 saturated carbocycles. The van der Waals surface area contributed by atoms with Crippen LogP contribution in [-0.4, -0.2) is 22.0 Å². The number of nitrogens with one attached hydrogen (secondary N) is 2. The number of ether oxygens (including phenoxy) is 1. The van der Waals surface area contributed by atoms with Crippen LogP contribution in [0.15, 0.2) is 60.8 Å². The van der Waals surface area contributed by atoms with E-state index in [4.69, 9.17) is 4.74 Å². The smallest absolute Gasteiger partial charge is 0.274 e. The number of carbonyl (C=O) groups is 1. The molecule has 0 aliphatic rings. The molecule has 2 aromatic carbocycles. The molecule has 1 amide bonds. The molecule has 0 aliphatic heterocycles. The fourth-order valence-corrected chi connectivity index (χ4v) is 2.44. The average molecular weight is 380 g/mol. The first kappa shape index (κ1) is 19.3. The maximum absolute atomic E-state index is 13.0. The Morgan fingerprint density at radius 1 is 1.07 bits per heavy atom. The monoisotopic (exact) mass is 380 g/mol. The Morgan fingerprint density at radius 3 is 2.46 bits per heavy atom. The number of aromatic nitrogens is 2. The zero-order valence-electron chi connectivity index (χ0n) is 15.6. The number of benzene rings is 2. The molecule has 6 nitrogen and oxygen atoms in total. The highest BCUT2D eigenvalue weighted by Crippen LogP contribution is 2.17. The van der Waals surface area contributed by atoms with E-state index in [2.05, 4.69) is 20.6 Å². The van der Waals surface area contributed by atoms with E-state index < -0.39 is 0 Å². The van der Waals surface area contributed by atoms with Crippen molar-refractivity contribution < 1.29 is 13.9 Å². The number of hydrogen-bond acceptors (Lipinski definition) is 5. The van der Waals surface area contributed by atoms with E-state index in [-0.39, 0.29) is 23.5 Å². The van der Waals surface area contributed by atoms with Gasteiger partial charge in [0.25, 0.3) is 5.91 Å². The number of nitrogens with zero attached hydrogens (tertiary/aromatic N) is 2. The third kappa shape index (κ3) is 5.51. The number of carbonyl (C=O) groups excluding carboxylic acids is 1. The van der Waals surface area contributed by atoms with Crippen molar-refractivity contribution in [3.05, 3.63) is 77.9 Å². The van der Waals surface area contributed by atoms with Crippen molar-refractivity contribution in [1.29, 1.82) is 0 Å². The van der Waals surface area contributed by atoms with E-state index in [1.54, 1.807) is 36.4 Å². The van der Waals surface area contributed by atoms with Crippen LogP contribution in [0.2, 0.25) is 0 Å². The summed E-state index contributed by atoms with van der Waals surface area (Å²) in [5.74, 6) is 0.423. The molecule has 0 radical (unpaired) electrons. The Balaban J connectivity index is 1.60. The molecular formula is C21H21FN4O2. The van der Waals surface area contributed by atoms with Gasteiger partial charge in [-0.3, -0.25) is 4.79 Å². The topological polar surface area (TPSA) is 76.1 Å². The van der Waals surface area contributed by atoms with Crippen LogP contribution in [0.3, 0.4) is 0 Å². The Labute approximate surface area is 162 Å². The number of halogens is 1. The lowest BCUT2D eigenvalue weighted by Gasteiger charge is -2.11. The summed E-state index contributed by atoms with van der Waals surface area (Å²) < 4.78 is 18.5. The van der Waals surface area contributed by atoms with E-state index in [0.717, 1.165) is 11.3 Å². The zero-order valence-corrected chi connectivity index (χ0v) is 15.6. The number of anilines is 2. The van der Waals surface area contributed by atoms with Crippen LogP contribution in [-0.2, 0) is 6.54 Å². The van der Waals surface area contributed by atoms with Gasteiger partial charge in [0.1, 0.15) is 17.3 Å². The largest absolute Gasteiger partial charge is 0.491 e. The van der Waals surface area contributed by atoms with Crippen LogP contribution < -0.4 is 15.4 Å². The van der Waals surface area contributed by atoms with Gasteiger partial charge >= 0.3 is 0 Å². The molecule has 28 heavy (non-hydrogen) atoms. The van der Waals surface area contributed by atoms with E-state index in [1.165, 1.54) is 24.4 Å². The first-order valence-electron chi connectivity index (χ1n) is 8.89. The minimum Gasteiger partial charge on any atom is -0.491 e. The Hall–Kier alpha value is -3.48. The van der Waals surface area contributed by atoms with Crippen LogP contribution in [0.25, 0.3) is 0 Å². The number of amides is 1. The number of rotatable bonds is 7. The standard InChI is InChI=1S/C21H21FN4O2/c1-14(2)28-18-9-7-17(8-10-18)25-20(27)19-11-12-23-21(26-19)24-13-15-3-5-16(22)6-4-15/h3-12,14H,13H2,1-2H3,(H,25,27)(H,23,24,26). The van der Waals surface area contributed by atoms with Gasteiger partial charge in [-0.1, -0.05) is 12.1 Å². The van der Waals surface area contributed by atoms with Crippen LogP contribution in [0.5, 0.6) is 5.75 Å². The molecule has 144 valence electrons. The lowest BCUT2D eigenvalue weighted by molar-refractivity contribution is 0.102. The highest BCUT2D eigenvalue weighted by Gasteiger charge is 2.10. The van der Waals surface area contributed by atoms with Crippen molar-refractivity contribution in [2.75, 3.05) is 10.6 Å². The Bertz CT molecular complexity index is 928. The lowest BCUT2D eigenvalue weighted by atomic mass is 10.2. The van der Waals surface area contributed by atoms with Gasteiger partial charge in [0.2, 0.25) is 5.95 Å². The van der Waals surface area contributed by atoms with Crippen molar-refractivity contribution in [3.63, 3.8) is 0 Å². The molecule has 0 unspecified atom stereocenters. The second kappa shape index (κ2) is 8.94. The molecule has 1 aromatic heterocycles. The SMILES string of the molecule is CC(C)Oc1ccc(NC(=O)c2ccnc(NCc3ccc(F)cc3)n2)cc1. The fourth-order valence-electron chi connectivity index (χ4n) is 2.44. The van der Waals surface area contributed by atoms with Crippen LogP contribution in [0, 0.1) is 5.82 Å². The first-order valence-corrected chi connectivity index (χ1v) is 8.89. The average Bonchev–Trinajstić information content (AvgIpc) is 2.69. The predicted molar refractivity (Wildman–Crippen MR) is 106 cm³/mol. The molecule has 0 aliphatic carbocycles. The summed E-state index contributed by atoms with van der Waals surface area (Å²) in [5, 5.41) is 5.82. The quantitative estimate of drug-likeness (QED) is 0.640. The first-order chi connectivity index (χ1) is 13.5. The van der Waals surface area contributed by atoms with Crippen LogP contribution in [0.1, 0.15) is 29.9 Å². The molecule has 0 saturated heterocycles. The van der Waals surface area contributed by atoms with E-state index in [0.29, 0.717) is 18.2 Å². The third-order valence-electron chi connectivity index (χ3n) is 3.74. The second-order valence-corrected chi connectivity index (χ2v) is 6.39. The highest BCUT2D eigenvalue weighted by molar-refractivity contribution is 6.02. The highest BCUT2D eigenvalue weighted by atomic mass is 19.1. The molecule has 0 fully saturated rings. The van der Waals surface area contributed by atoms with Gasteiger partial charge in [-0.05, 0) is 61.9 Å². The molecule has 3 rings (SSSR count). The van der Waals surface area contributed by atoms with Gasteiger partial charge in [0.15, 0.2) is 0 Å². The summed E-state index contributed by atoms with van der Waals surface area (Å²) in [5.41, 5.74) is 1.75. The summed E-state index contributed by atoms with van der Waals surface area (Å²) in [4.78, 5) is 20.8. The van der Waals surface area contributed by atoms with Gasteiger partial charge < -0.3 is 15.4 Å². The van der Waals surface area contributed by atoms with Crippen LogP contribution in [0.4, 0.5) is 16.0 Å². The molecule has 0 atom stereocenters. The third-order valence-corrected chi connectivity index (χ3v) is 3.74. The summed E-state index contributed by atoms with van der Waals surface area (Å²) in [6.45, 7) is 4.32. The summed E-state index contributed by atoms with van der Waals surface area (Å²) in [6.07, 6.45) is 1.59. The molecule has 7 heteroatoms. The van der Waals surface area contributed by atoms with Crippen molar-refractivity contribution in [1.82, 2.24) is 9.97 Å². The van der Waals surface area contributed by atoms with Gasteiger partial charge in [0.05, 0.1) is 6.10 Å². The number of hydrogen-bond donors (Lipinski definition) is 2. The molecular weight excluding hydrogens is 359 g/mol. The van der Waals surface area contributed by atoms with Crippen molar-refractivity contribution in [2.24, 2.45) is 0 Å². The van der Waals surface area contributed by atoms with Crippen LogP contribution >= 0.6 is 0 Å². The Morgan fingerprint density at radius 2 is 1.79 bits per heavy atom. The van der Waals surface area contributed by atoms with E-state index in [9.17, 15) is 9.18 Å². The predicted octanol–water partition coefficient (Wildman–Crippen LogP) is 4.27. The summed E-state index contributed by atoms with van der Waals surface area (Å²) >= 11 is 0. The summed E-state index contributed by atoms with van der Waals surface area (Å²) in [7, 11) is 0. The summed E-state index contributed by atoms with van der Waals surface area (Å²) in [6, 6.07) is 14.8. The van der Waals surface area contributed by atoms with Crippen molar-refractivity contribution >= 4 is 17.5 Å². The van der Waals surface area contributed by atoms with E-state index in [1.807, 2.05) is 13.8 Å². The van der Waals surface area contributed by atoms with Crippen molar-refractivity contribution in [3.8, 4) is 5.75 Å². The lowest BCUT2D eigenvalue weighted by Crippen LogP contribution is -2.15. The van der Waals surface area contributed by atoms with Gasteiger partial charge in [-0.15, -0.1) is 0 Å². The minimum absolute atomic E-state index is 0.0855. The van der Waals surface area contributed by atoms with Gasteiger partial charge in [-0.2, -0.15) is 0 Å². The maximum Gasteiger partial charge on any atom is 0.274 e. The fraction of sp³-hybridized carbons (Fsp3) is 0.190. The second-order valence-electron chi connectivity index (χ2n) is 6.39. The zero-order chi connectivity index (χ0) is 19.9.